The zero-order chi connectivity index (χ0) is 15.4. The topological polar surface area (TPSA) is 59.2 Å². The molecule has 0 radical (unpaired) electrons. The number of nitrogens with zero attached hydrogens (tertiary/aromatic N) is 2. The molecule has 4 nitrogen and oxygen atoms in total. The van der Waals surface area contributed by atoms with E-state index in [-0.39, 0.29) is 18.3 Å². The number of nitrogens with two attached hydrogens (primary N) is 1. The van der Waals surface area contributed by atoms with Gasteiger partial charge in [0.05, 0.1) is 5.01 Å². The monoisotopic (exact) mass is 379 g/mol. The van der Waals surface area contributed by atoms with Crippen LogP contribution in [0.15, 0.2) is 23.6 Å². The molecule has 0 aliphatic rings. The molecule has 0 atom stereocenters. The number of halogens is 3. The average molecular weight is 381 g/mol. The number of carbonyl (C=O) groups is 1. The first-order chi connectivity index (χ1) is 9.99. The van der Waals surface area contributed by atoms with Crippen molar-refractivity contribution in [2.24, 2.45) is 5.73 Å². The minimum Gasteiger partial charge on any atom is -0.336 e. The van der Waals surface area contributed by atoms with Gasteiger partial charge in [0.15, 0.2) is 0 Å². The number of benzene rings is 1. The Morgan fingerprint density at radius 2 is 1.95 bits per heavy atom. The fourth-order valence-corrected chi connectivity index (χ4v) is 3.25. The highest BCUT2D eigenvalue weighted by Gasteiger charge is 2.16. The third-order valence-corrected chi connectivity index (χ3v) is 4.16. The van der Waals surface area contributed by atoms with Crippen molar-refractivity contribution in [2.45, 2.75) is 13.0 Å². The van der Waals surface area contributed by atoms with E-state index in [0.29, 0.717) is 35.2 Å². The molecule has 2 aromatic rings. The molecule has 1 amide bonds. The number of amides is 1. The molecule has 1 aromatic carbocycles. The van der Waals surface area contributed by atoms with E-state index in [1.807, 2.05) is 0 Å². The number of hydrogen-bond donors (Lipinski definition) is 1. The van der Waals surface area contributed by atoms with Crippen molar-refractivity contribution in [3.63, 3.8) is 0 Å². The van der Waals surface area contributed by atoms with Gasteiger partial charge >= 0.3 is 0 Å². The minimum absolute atomic E-state index is 0. The van der Waals surface area contributed by atoms with Gasteiger partial charge in [0, 0.05) is 35.4 Å². The predicted octanol–water partition coefficient (Wildman–Crippen LogP) is 3.65. The van der Waals surface area contributed by atoms with E-state index in [2.05, 4.69) is 4.98 Å². The maximum atomic E-state index is 12.3. The summed E-state index contributed by atoms with van der Waals surface area (Å²) in [6.07, 6.45) is 0.686. The zero-order valence-corrected chi connectivity index (χ0v) is 15.0. The first-order valence-electron chi connectivity index (χ1n) is 6.34. The quantitative estimate of drug-likeness (QED) is 0.861. The van der Waals surface area contributed by atoms with Crippen LogP contribution < -0.4 is 5.73 Å². The van der Waals surface area contributed by atoms with Crippen LogP contribution >= 0.6 is 46.9 Å². The molecule has 0 aliphatic carbocycles. The summed E-state index contributed by atoms with van der Waals surface area (Å²) < 4.78 is 0. The average Bonchev–Trinajstić information content (AvgIpc) is 2.85. The van der Waals surface area contributed by atoms with Crippen molar-refractivity contribution in [3.05, 3.63) is 49.9 Å². The van der Waals surface area contributed by atoms with Gasteiger partial charge < -0.3 is 10.6 Å². The Bertz CT molecular complexity index is 628. The van der Waals surface area contributed by atoms with Gasteiger partial charge in [-0.1, -0.05) is 23.2 Å². The summed E-state index contributed by atoms with van der Waals surface area (Å²) in [6.45, 7) is 0.945. The highest BCUT2D eigenvalue weighted by Crippen LogP contribution is 2.20. The Hall–Kier alpha value is -0.850. The predicted molar refractivity (Wildman–Crippen MR) is 94.4 cm³/mol. The Kier molecular flexibility index (Phi) is 7.59. The van der Waals surface area contributed by atoms with Crippen LogP contribution in [-0.4, -0.2) is 29.4 Å². The van der Waals surface area contributed by atoms with Gasteiger partial charge in [-0.25, -0.2) is 4.98 Å². The molecule has 0 bridgehead atoms. The summed E-state index contributed by atoms with van der Waals surface area (Å²) in [5.41, 5.74) is 6.80. The lowest BCUT2D eigenvalue weighted by molar-refractivity contribution is 0.0780. The lowest BCUT2D eigenvalue weighted by Crippen LogP contribution is -2.26. The molecule has 0 spiro atoms. The molecule has 2 rings (SSSR count). The lowest BCUT2D eigenvalue weighted by atomic mass is 10.2. The standard InChI is InChI=1S/C14H15Cl2N3OS.ClH/c1-19(7-9-4-10(15)6-11(16)5-9)14(20)12-8-21-13(18-12)2-3-17;/h4-6,8H,2-3,7,17H2,1H3;1H. The van der Waals surface area contributed by atoms with Crippen LogP contribution in [-0.2, 0) is 13.0 Å². The van der Waals surface area contributed by atoms with Crippen LogP contribution in [0.2, 0.25) is 10.0 Å². The smallest absolute Gasteiger partial charge is 0.273 e. The van der Waals surface area contributed by atoms with Crippen molar-refractivity contribution in [1.82, 2.24) is 9.88 Å². The van der Waals surface area contributed by atoms with E-state index < -0.39 is 0 Å². The van der Waals surface area contributed by atoms with Crippen molar-refractivity contribution in [1.29, 1.82) is 0 Å². The number of rotatable bonds is 5. The van der Waals surface area contributed by atoms with E-state index in [0.717, 1.165) is 10.6 Å². The molecular weight excluding hydrogens is 365 g/mol. The van der Waals surface area contributed by atoms with Crippen LogP contribution in [0.25, 0.3) is 0 Å². The molecule has 1 heterocycles. The molecule has 22 heavy (non-hydrogen) atoms. The number of aromatic nitrogens is 1. The molecule has 0 fully saturated rings. The number of thiazole rings is 1. The van der Waals surface area contributed by atoms with Gasteiger partial charge in [-0.2, -0.15) is 0 Å². The zero-order valence-electron chi connectivity index (χ0n) is 11.9. The minimum atomic E-state index is -0.134. The maximum absolute atomic E-state index is 12.3. The molecule has 120 valence electrons. The van der Waals surface area contributed by atoms with Crippen LogP contribution in [0.1, 0.15) is 21.1 Å². The summed E-state index contributed by atoms with van der Waals surface area (Å²) in [5, 5.41) is 3.74. The Labute approximate surface area is 149 Å². The maximum Gasteiger partial charge on any atom is 0.273 e. The van der Waals surface area contributed by atoms with E-state index in [4.69, 9.17) is 28.9 Å². The van der Waals surface area contributed by atoms with Crippen LogP contribution in [0, 0.1) is 0 Å². The van der Waals surface area contributed by atoms with E-state index in [1.165, 1.54) is 11.3 Å². The van der Waals surface area contributed by atoms with E-state index in [9.17, 15) is 4.79 Å². The molecular formula is C14H16Cl3N3OS. The molecule has 0 aliphatic heterocycles. The second-order valence-corrected chi connectivity index (χ2v) is 6.42. The molecule has 0 unspecified atom stereocenters. The molecule has 0 saturated carbocycles. The molecule has 2 N–H and O–H groups in total. The summed E-state index contributed by atoms with van der Waals surface area (Å²) in [6, 6.07) is 5.24. The Morgan fingerprint density at radius 3 is 2.55 bits per heavy atom. The fourth-order valence-electron chi connectivity index (χ4n) is 1.89. The van der Waals surface area contributed by atoms with Crippen LogP contribution in [0.5, 0.6) is 0 Å². The number of carbonyl (C=O) groups excluding carboxylic acids is 1. The normalized spacial score (nSPS) is 10.2. The summed E-state index contributed by atoms with van der Waals surface area (Å²) in [5.74, 6) is -0.134. The van der Waals surface area contributed by atoms with Crippen molar-refractivity contribution in [3.8, 4) is 0 Å². The van der Waals surface area contributed by atoms with Gasteiger partial charge in [0.1, 0.15) is 5.69 Å². The van der Waals surface area contributed by atoms with Crippen molar-refractivity contribution < 1.29 is 4.79 Å². The molecule has 0 saturated heterocycles. The highest BCUT2D eigenvalue weighted by molar-refractivity contribution is 7.09. The van der Waals surface area contributed by atoms with Crippen LogP contribution in [0.4, 0.5) is 0 Å². The third-order valence-electron chi connectivity index (χ3n) is 2.82. The van der Waals surface area contributed by atoms with Gasteiger partial charge in [0.2, 0.25) is 0 Å². The largest absolute Gasteiger partial charge is 0.336 e. The summed E-state index contributed by atoms with van der Waals surface area (Å²) in [7, 11) is 1.72. The van der Waals surface area contributed by atoms with Gasteiger partial charge in [-0.05, 0) is 30.3 Å². The first kappa shape index (κ1) is 19.2. The lowest BCUT2D eigenvalue weighted by Gasteiger charge is -2.16. The highest BCUT2D eigenvalue weighted by atomic mass is 35.5. The fraction of sp³-hybridized carbons (Fsp3) is 0.286. The summed E-state index contributed by atoms with van der Waals surface area (Å²) >= 11 is 13.4. The molecule has 8 heteroatoms. The first-order valence-corrected chi connectivity index (χ1v) is 7.98. The van der Waals surface area contributed by atoms with Crippen molar-refractivity contribution in [2.75, 3.05) is 13.6 Å². The van der Waals surface area contributed by atoms with E-state index >= 15 is 0 Å². The van der Waals surface area contributed by atoms with Gasteiger partial charge in [0.25, 0.3) is 5.91 Å². The van der Waals surface area contributed by atoms with Gasteiger partial charge in [-0.15, -0.1) is 23.7 Å². The molecule has 1 aromatic heterocycles. The van der Waals surface area contributed by atoms with Crippen LogP contribution in [0.3, 0.4) is 0 Å². The van der Waals surface area contributed by atoms with E-state index in [1.54, 1.807) is 35.5 Å². The Balaban J connectivity index is 0.00000242. The number of hydrogen-bond acceptors (Lipinski definition) is 4. The third kappa shape index (κ3) is 5.11. The van der Waals surface area contributed by atoms with Gasteiger partial charge in [-0.3, -0.25) is 4.79 Å². The second kappa shape index (κ2) is 8.70. The Morgan fingerprint density at radius 1 is 1.32 bits per heavy atom. The van der Waals surface area contributed by atoms with Crippen molar-refractivity contribution >= 4 is 52.9 Å². The summed E-state index contributed by atoms with van der Waals surface area (Å²) in [4.78, 5) is 18.2. The SMILES string of the molecule is CN(Cc1cc(Cl)cc(Cl)c1)C(=O)c1csc(CCN)n1.Cl. The second-order valence-electron chi connectivity index (χ2n) is 4.60.